The molecule has 0 atom stereocenters. The van der Waals surface area contributed by atoms with Crippen LogP contribution in [0.15, 0.2) is 30.5 Å². The molecule has 0 amide bonds. The smallest absolute Gasteiger partial charge is 0.103 e. The van der Waals surface area contributed by atoms with Crippen LogP contribution in [-0.2, 0) is 13.0 Å². The number of nitrogens with zero attached hydrogens (tertiary/aromatic N) is 1. The maximum absolute atomic E-state index is 4.18. The van der Waals surface area contributed by atoms with E-state index in [0.29, 0.717) is 0 Å². The second kappa shape index (κ2) is 6.24. The Bertz CT molecular complexity index is 471. The summed E-state index contributed by atoms with van der Waals surface area (Å²) in [7, 11) is 0. The van der Waals surface area contributed by atoms with E-state index >= 15 is 0 Å². The summed E-state index contributed by atoms with van der Waals surface area (Å²) in [5.74, 6) is 0.960. The highest BCUT2D eigenvalue weighted by atomic mass is 15.0. The molecule has 2 N–H and O–H groups in total. The number of hydrogen-bond acceptors (Lipinski definition) is 2. The van der Waals surface area contributed by atoms with Crippen molar-refractivity contribution < 1.29 is 0 Å². The quantitative estimate of drug-likeness (QED) is 0.812. The van der Waals surface area contributed by atoms with Gasteiger partial charge in [-0.15, -0.1) is 0 Å². The van der Waals surface area contributed by atoms with Crippen molar-refractivity contribution in [3.05, 3.63) is 47.5 Å². The maximum Gasteiger partial charge on any atom is 0.103 e. The highest BCUT2D eigenvalue weighted by molar-refractivity contribution is 5.44. The van der Waals surface area contributed by atoms with Crippen LogP contribution in [0.3, 0.4) is 0 Å². The van der Waals surface area contributed by atoms with E-state index in [4.69, 9.17) is 0 Å². The molecule has 1 aromatic heterocycles. The molecule has 96 valence electrons. The summed E-state index contributed by atoms with van der Waals surface area (Å²) in [6.07, 6.45) is 5.56. The molecule has 2 aromatic rings. The van der Waals surface area contributed by atoms with E-state index in [1.54, 1.807) is 0 Å². The minimum absolute atomic E-state index is 0.787. The minimum atomic E-state index is 0.787. The van der Waals surface area contributed by atoms with Gasteiger partial charge in [-0.2, -0.15) is 0 Å². The highest BCUT2D eigenvalue weighted by Gasteiger charge is 1.97. The van der Waals surface area contributed by atoms with Gasteiger partial charge in [-0.3, -0.25) is 0 Å². The lowest BCUT2D eigenvalue weighted by Gasteiger charge is -2.06. The first-order valence-electron chi connectivity index (χ1n) is 6.61. The Morgan fingerprint density at radius 1 is 1.22 bits per heavy atom. The molecule has 1 aromatic carbocycles. The second-order valence-electron chi connectivity index (χ2n) is 4.65. The molecular weight excluding hydrogens is 222 g/mol. The van der Waals surface area contributed by atoms with E-state index in [2.05, 4.69) is 46.5 Å². The lowest BCUT2D eigenvalue weighted by molar-refractivity contribution is 0.795. The Balaban J connectivity index is 1.86. The third kappa shape index (κ3) is 3.62. The normalized spacial score (nSPS) is 10.6. The molecule has 3 nitrogen and oxygen atoms in total. The summed E-state index contributed by atoms with van der Waals surface area (Å²) in [6, 6.07) is 8.70. The van der Waals surface area contributed by atoms with Crippen molar-refractivity contribution in [2.24, 2.45) is 0 Å². The first kappa shape index (κ1) is 12.7. The van der Waals surface area contributed by atoms with Crippen LogP contribution in [0.5, 0.6) is 0 Å². The topological polar surface area (TPSA) is 40.7 Å². The fourth-order valence-corrected chi connectivity index (χ4v) is 1.93. The molecule has 0 radical (unpaired) electrons. The van der Waals surface area contributed by atoms with Crippen LogP contribution in [0.4, 0.5) is 5.69 Å². The predicted molar refractivity (Wildman–Crippen MR) is 75.7 cm³/mol. The van der Waals surface area contributed by atoms with Crippen molar-refractivity contribution in [3.63, 3.8) is 0 Å². The summed E-state index contributed by atoms with van der Waals surface area (Å²) in [6.45, 7) is 4.98. The monoisotopic (exact) mass is 243 g/mol. The number of hydrogen-bond donors (Lipinski definition) is 2. The van der Waals surface area contributed by atoms with Crippen molar-refractivity contribution in [1.82, 2.24) is 9.97 Å². The van der Waals surface area contributed by atoms with Gasteiger partial charge in [0.15, 0.2) is 0 Å². The molecule has 0 spiro atoms. The fraction of sp³-hybridized carbons (Fsp3) is 0.400. The third-order valence-electron chi connectivity index (χ3n) is 3.01. The summed E-state index contributed by atoms with van der Waals surface area (Å²) in [4.78, 5) is 7.39. The van der Waals surface area contributed by atoms with Gasteiger partial charge in [0, 0.05) is 5.69 Å². The van der Waals surface area contributed by atoms with Crippen LogP contribution < -0.4 is 5.32 Å². The molecule has 0 saturated heterocycles. The average Bonchev–Trinajstić information content (AvgIpc) is 2.81. The minimum Gasteiger partial charge on any atom is -0.379 e. The lowest BCUT2D eigenvalue weighted by Crippen LogP contribution is -1.99. The molecule has 0 unspecified atom stereocenters. The largest absolute Gasteiger partial charge is 0.379 e. The zero-order valence-electron chi connectivity index (χ0n) is 11.2. The van der Waals surface area contributed by atoms with E-state index in [1.165, 1.54) is 24.8 Å². The number of unbranched alkanes of at least 4 members (excludes halogenated alkanes) is 1. The molecule has 0 aliphatic heterocycles. The van der Waals surface area contributed by atoms with Crippen molar-refractivity contribution in [2.75, 3.05) is 5.32 Å². The average molecular weight is 243 g/mol. The zero-order valence-corrected chi connectivity index (χ0v) is 11.2. The van der Waals surface area contributed by atoms with Crippen LogP contribution >= 0.6 is 0 Å². The van der Waals surface area contributed by atoms with Crippen LogP contribution in [0.25, 0.3) is 0 Å². The molecule has 3 heteroatoms. The van der Waals surface area contributed by atoms with Gasteiger partial charge in [-0.1, -0.05) is 25.5 Å². The molecule has 0 fully saturated rings. The molecule has 0 saturated carbocycles. The number of benzene rings is 1. The summed E-state index contributed by atoms with van der Waals surface area (Å²) in [5, 5.41) is 3.39. The van der Waals surface area contributed by atoms with Gasteiger partial charge in [0.05, 0.1) is 18.4 Å². The number of rotatable bonds is 6. The van der Waals surface area contributed by atoms with E-state index in [9.17, 15) is 0 Å². The second-order valence-corrected chi connectivity index (χ2v) is 4.65. The van der Waals surface area contributed by atoms with E-state index in [-0.39, 0.29) is 0 Å². The Morgan fingerprint density at radius 3 is 2.61 bits per heavy atom. The van der Waals surface area contributed by atoms with Crippen molar-refractivity contribution in [2.45, 2.75) is 39.7 Å². The first-order chi connectivity index (χ1) is 8.78. The van der Waals surface area contributed by atoms with Crippen LogP contribution in [-0.4, -0.2) is 9.97 Å². The molecule has 2 rings (SSSR count). The fourth-order valence-electron chi connectivity index (χ4n) is 1.93. The summed E-state index contributed by atoms with van der Waals surface area (Å²) >= 11 is 0. The zero-order chi connectivity index (χ0) is 12.8. The van der Waals surface area contributed by atoms with E-state index in [0.717, 1.165) is 23.8 Å². The Morgan fingerprint density at radius 2 is 2.00 bits per heavy atom. The molecule has 18 heavy (non-hydrogen) atoms. The van der Waals surface area contributed by atoms with Gasteiger partial charge in [0.1, 0.15) is 5.82 Å². The Hall–Kier alpha value is -1.77. The molecule has 0 aliphatic carbocycles. The number of aryl methyl sites for hydroxylation is 2. The third-order valence-corrected chi connectivity index (χ3v) is 3.01. The van der Waals surface area contributed by atoms with Gasteiger partial charge in [-0.05, 0) is 37.5 Å². The van der Waals surface area contributed by atoms with Crippen LogP contribution in [0, 0.1) is 6.92 Å². The van der Waals surface area contributed by atoms with Crippen molar-refractivity contribution >= 4 is 5.69 Å². The van der Waals surface area contributed by atoms with Gasteiger partial charge >= 0.3 is 0 Å². The Kier molecular flexibility index (Phi) is 4.40. The van der Waals surface area contributed by atoms with Crippen LogP contribution in [0.1, 0.15) is 36.8 Å². The number of anilines is 1. The van der Waals surface area contributed by atoms with Gasteiger partial charge in [0.25, 0.3) is 0 Å². The molecule has 1 heterocycles. The number of aromatic nitrogens is 2. The number of H-pyrrole nitrogens is 1. The number of imidazole rings is 1. The van der Waals surface area contributed by atoms with Gasteiger partial charge in [0.2, 0.25) is 0 Å². The van der Waals surface area contributed by atoms with E-state index in [1.807, 2.05) is 13.1 Å². The number of aromatic amines is 1. The predicted octanol–water partition coefficient (Wildman–Crippen LogP) is 3.67. The van der Waals surface area contributed by atoms with Crippen molar-refractivity contribution in [1.29, 1.82) is 0 Å². The summed E-state index contributed by atoms with van der Waals surface area (Å²) < 4.78 is 0. The van der Waals surface area contributed by atoms with E-state index < -0.39 is 0 Å². The SMILES string of the molecule is CCCCc1ccc(NCc2cnc(C)[nH]2)cc1. The van der Waals surface area contributed by atoms with Crippen LogP contribution in [0.2, 0.25) is 0 Å². The van der Waals surface area contributed by atoms with Gasteiger partial charge in [-0.25, -0.2) is 4.98 Å². The molecule has 0 bridgehead atoms. The highest BCUT2D eigenvalue weighted by Crippen LogP contribution is 2.12. The van der Waals surface area contributed by atoms with Gasteiger partial charge < -0.3 is 10.3 Å². The van der Waals surface area contributed by atoms with Crippen molar-refractivity contribution in [3.8, 4) is 0 Å². The lowest BCUT2D eigenvalue weighted by atomic mass is 10.1. The first-order valence-corrected chi connectivity index (χ1v) is 6.61. The Labute approximate surface area is 109 Å². The molecular formula is C15H21N3. The summed E-state index contributed by atoms with van der Waals surface area (Å²) in [5.41, 5.74) is 3.69. The standard InChI is InChI=1S/C15H21N3/c1-3-4-5-13-6-8-14(9-7-13)17-11-15-10-16-12(2)18-15/h6-10,17H,3-5,11H2,1-2H3,(H,16,18). The number of nitrogens with one attached hydrogen (secondary N) is 2. The maximum atomic E-state index is 4.18. The molecule has 0 aliphatic rings.